The molecular weight excluding hydrogens is 305 g/mol. The van der Waals surface area contributed by atoms with E-state index in [-0.39, 0.29) is 5.82 Å². The number of benzene rings is 2. The molecule has 0 aliphatic carbocycles. The smallest absolute Gasteiger partial charge is 0.157 e. The number of pyridine rings is 1. The molecule has 0 saturated carbocycles. The van der Waals surface area contributed by atoms with Crippen LogP contribution in [-0.4, -0.2) is 22.1 Å². The molecule has 0 atom stereocenters. The third-order valence-electron chi connectivity index (χ3n) is 3.87. The van der Waals surface area contributed by atoms with Gasteiger partial charge in [0.25, 0.3) is 0 Å². The van der Waals surface area contributed by atoms with Crippen LogP contribution in [0.1, 0.15) is 0 Å². The number of hydrogen-bond donors (Lipinski definition) is 1. The van der Waals surface area contributed by atoms with Gasteiger partial charge in [-0.2, -0.15) is 0 Å². The predicted molar refractivity (Wildman–Crippen MR) is 91.3 cm³/mol. The number of H-pyrrole nitrogens is 1. The van der Waals surface area contributed by atoms with Gasteiger partial charge in [-0.1, -0.05) is 18.2 Å². The third kappa shape index (κ3) is 2.50. The summed E-state index contributed by atoms with van der Waals surface area (Å²) in [6.45, 7) is 0. The van der Waals surface area contributed by atoms with E-state index in [4.69, 9.17) is 4.74 Å². The first-order valence-corrected chi connectivity index (χ1v) is 7.50. The van der Waals surface area contributed by atoms with Crippen molar-refractivity contribution in [1.82, 2.24) is 15.0 Å². The minimum absolute atomic E-state index is 0.272. The Kier molecular flexibility index (Phi) is 3.46. The zero-order valence-corrected chi connectivity index (χ0v) is 13.0. The van der Waals surface area contributed by atoms with Crippen molar-refractivity contribution in [2.75, 3.05) is 7.11 Å². The van der Waals surface area contributed by atoms with E-state index >= 15 is 0 Å². The zero-order valence-electron chi connectivity index (χ0n) is 13.0. The molecule has 5 heteroatoms. The van der Waals surface area contributed by atoms with Gasteiger partial charge in [-0.25, -0.2) is 14.4 Å². The highest BCUT2D eigenvalue weighted by Gasteiger charge is 2.10. The molecule has 0 aliphatic heterocycles. The summed E-state index contributed by atoms with van der Waals surface area (Å²) < 4.78 is 18.5. The van der Waals surface area contributed by atoms with Crippen molar-refractivity contribution in [2.24, 2.45) is 0 Å². The molecule has 0 radical (unpaired) electrons. The summed E-state index contributed by atoms with van der Waals surface area (Å²) in [5, 5.41) is 0. The summed E-state index contributed by atoms with van der Waals surface area (Å²) in [5.74, 6) is 1.18. The zero-order chi connectivity index (χ0) is 16.5. The molecule has 0 saturated heterocycles. The Morgan fingerprint density at radius 2 is 1.79 bits per heavy atom. The van der Waals surface area contributed by atoms with E-state index in [0.717, 1.165) is 28.0 Å². The van der Waals surface area contributed by atoms with Crippen LogP contribution >= 0.6 is 0 Å². The lowest BCUT2D eigenvalue weighted by Crippen LogP contribution is -1.88. The number of nitrogens with zero attached hydrogens (tertiary/aromatic N) is 2. The Bertz CT molecular complexity index is 1010. The van der Waals surface area contributed by atoms with Gasteiger partial charge < -0.3 is 9.72 Å². The monoisotopic (exact) mass is 319 g/mol. The van der Waals surface area contributed by atoms with E-state index < -0.39 is 0 Å². The highest BCUT2D eigenvalue weighted by molar-refractivity contribution is 5.82. The van der Waals surface area contributed by atoms with Crippen LogP contribution < -0.4 is 4.74 Å². The number of hydrogen-bond acceptors (Lipinski definition) is 3. The number of nitrogens with one attached hydrogen (secondary N) is 1. The normalized spacial score (nSPS) is 10.9. The number of aromatic nitrogens is 3. The molecule has 0 unspecified atom stereocenters. The number of ether oxygens (including phenoxy) is 1. The van der Waals surface area contributed by atoms with Gasteiger partial charge in [0.1, 0.15) is 22.9 Å². The SMILES string of the molecule is COc1ccccc1-c1cnc2[nH]c(-c3ccc(F)cc3)nc2c1. The first kappa shape index (κ1) is 14.4. The lowest BCUT2D eigenvalue weighted by molar-refractivity contribution is 0.416. The Labute approximate surface area is 138 Å². The summed E-state index contributed by atoms with van der Waals surface area (Å²) >= 11 is 0. The minimum Gasteiger partial charge on any atom is -0.496 e. The third-order valence-corrected chi connectivity index (χ3v) is 3.87. The van der Waals surface area contributed by atoms with Crippen LogP contribution in [0.15, 0.2) is 60.8 Å². The van der Waals surface area contributed by atoms with Crippen LogP contribution in [0.5, 0.6) is 5.75 Å². The van der Waals surface area contributed by atoms with Crippen molar-refractivity contribution in [3.05, 3.63) is 66.6 Å². The fourth-order valence-electron chi connectivity index (χ4n) is 2.67. The van der Waals surface area contributed by atoms with Crippen LogP contribution in [0, 0.1) is 5.82 Å². The lowest BCUT2D eigenvalue weighted by Gasteiger charge is -2.07. The fourth-order valence-corrected chi connectivity index (χ4v) is 2.67. The Hall–Kier alpha value is -3.21. The number of halogens is 1. The molecule has 1 N–H and O–H groups in total. The Morgan fingerprint density at radius 3 is 2.58 bits per heavy atom. The maximum absolute atomic E-state index is 13.1. The van der Waals surface area contributed by atoms with Gasteiger partial charge in [0.2, 0.25) is 0 Å². The maximum Gasteiger partial charge on any atom is 0.157 e. The molecule has 2 aromatic heterocycles. The van der Waals surface area contributed by atoms with Gasteiger partial charge in [-0.05, 0) is 36.4 Å². The molecule has 0 spiro atoms. The molecule has 0 fully saturated rings. The van der Waals surface area contributed by atoms with Gasteiger partial charge in [-0.3, -0.25) is 0 Å². The first-order valence-electron chi connectivity index (χ1n) is 7.50. The van der Waals surface area contributed by atoms with Crippen LogP contribution in [-0.2, 0) is 0 Å². The van der Waals surface area contributed by atoms with Crippen LogP contribution in [0.4, 0.5) is 4.39 Å². The number of methoxy groups -OCH3 is 1. The molecular formula is C19H14FN3O. The maximum atomic E-state index is 13.1. The summed E-state index contributed by atoms with van der Waals surface area (Å²) in [5.41, 5.74) is 4.14. The van der Waals surface area contributed by atoms with Crippen molar-refractivity contribution in [3.8, 4) is 28.3 Å². The largest absolute Gasteiger partial charge is 0.496 e. The topological polar surface area (TPSA) is 50.8 Å². The number of imidazole rings is 1. The van der Waals surface area contributed by atoms with Crippen molar-refractivity contribution in [3.63, 3.8) is 0 Å². The molecule has 0 aliphatic rings. The van der Waals surface area contributed by atoms with Gasteiger partial charge in [-0.15, -0.1) is 0 Å². The van der Waals surface area contributed by atoms with E-state index in [0.29, 0.717) is 11.5 Å². The van der Waals surface area contributed by atoms with Crippen molar-refractivity contribution in [2.45, 2.75) is 0 Å². The Balaban J connectivity index is 1.80. The first-order chi connectivity index (χ1) is 11.7. The Morgan fingerprint density at radius 1 is 1.00 bits per heavy atom. The standard InChI is InChI=1S/C19H14FN3O/c1-24-17-5-3-2-4-15(17)13-10-16-19(21-11-13)23-18(22-16)12-6-8-14(20)9-7-12/h2-11H,1H3,(H,21,22,23). The number of aromatic amines is 1. The minimum atomic E-state index is -0.272. The highest BCUT2D eigenvalue weighted by Crippen LogP contribution is 2.31. The van der Waals surface area contributed by atoms with E-state index in [1.165, 1.54) is 12.1 Å². The second-order valence-electron chi connectivity index (χ2n) is 5.38. The second-order valence-corrected chi connectivity index (χ2v) is 5.38. The number of rotatable bonds is 3. The average molecular weight is 319 g/mol. The van der Waals surface area contributed by atoms with Crippen molar-refractivity contribution >= 4 is 11.2 Å². The summed E-state index contributed by atoms with van der Waals surface area (Å²) in [6, 6.07) is 15.9. The fraction of sp³-hybridized carbons (Fsp3) is 0.0526. The molecule has 4 aromatic rings. The van der Waals surface area contributed by atoms with E-state index in [1.807, 2.05) is 30.3 Å². The van der Waals surface area contributed by atoms with Crippen molar-refractivity contribution in [1.29, 1.82) is 0 Å². The quantitative estimate of drug-likeness (QED) is 0.607. The van der Waals surface area contributed by atoms with E-state index in [2.05, 4.69) is 15.0 Å². The van der Waals surface area contributed by atoms with Gasteiger partial charge in [0.15, 0.2) is 5.65 Å². The van der Waals surface area contributed by atoms with Crippen LogP contribution in [0.2, 0.25) is 0 Å². The number of para-hydroxylation sites is 1. The second kappa shape index (κ2) is 5.77. The summed E-state index contributed by atoms with van der Waals surface area (Å²) in [6.07, 6.45) is 1.78. The molecule has 4 nitrogen and oxygen atoms in total. The number of fused-ring (bicyclic) bond motifs is 1. The molecule has 0 bridgehead atoms. The molecule has 2 heterocycles. The van der Waals surface area contributed by atoms with Crippen LogP contribution in [0.3, 0.4) is 0 Å². The van der Waals surface area contributed by atoms with E-state index in [1.54, 1.807) is 25.4 Å². The average Bonchev–Trinajstić information content (AvgIpc) is 3.05. The molecule has 118 valence electrons. The van der Waals surface area contributed by atoms with E-state index in [9.17, 15) is 4.39 Å². The molecule has 0 amide bonds. The molecule has 24 heavy (non-hydrogen) atoms. The van der Waals surface area contributed by atoms with Gasteiger partial charge in [0, 0.05) is 22.9 Å². The summed E-state index contributed by atoms with van der Waals surface area (Å²) in [4.78, 5) is 12.2. The molecule has 4 rings (SSSR count). The molecule has 2 aromatic carbocycles. The van der Waals surface area contributed by atoms with Gasteiger partial charge >= 0.3 is 0 Å². The van der Waals surface area contributed by atoms with Gasteiger partial charge in [0.05, 0.1) is 7.11 Å². The van der Waals surface area contributed by atoms with Crippen molar-refractivity contribution < 1.29 is 9.13 Å². The highest BCUT2D eigenvalue weighted by atomic mass is 19.1. The summed E-state index contributed by atoms with van der Waals surface area (Å²) in [7, 11) is 1.64. The van der Waals surface area contributed by atoms with Crippen LogP contribution in [0.25, 0.3) is 33.7 Å². The lowest BCUT2D eigenvalue weighted by atomic mass is 10.1. The predicted octanol–water partition coefficient (Wildman–Crippen LogP) is 4.44.